The summed E-state index contributed by atoms with van der Waals surface area (Å²) < 4.78 is 6.87. The first-order valence-electron chi connectivity index (χ1n) is 6.26. The van der Waals surface area contributed by atoms with E-state index in [-0.39, 0.29) is 5.91 Å². The quantitative estimate of drug-likeness (QED) is 0.597. The molecule has 20 heavy (non-hydrogen) atoms. The van der Waals surface area contributed by atoms with Crippen LogP contribution in [0.3, 0.4) is 0 Å². The maximum absolute atomic E-state index is 12.0. The van der Waals surface area contributed by atoms with Crippen LogP contribution in [0.4, 0.5) is 5.69 Å². The van der Waals surface area contributed by atoms with E-state index in [1.54, 1.807) is 35.3 Å². The Morgan fingerprint density at radius 2 is 2.35 bits per heavy atom. The molecule has 2 rings (SSSR count). The van der Waals surface area contributed by atoms with Crippen molar-refractivity contribution in [1.82, 2.24) is 20.3 Å². The molecule has 1 amide bonds. The Labute approximate surface area is 116 Å². The molecule has 0 bridgehead atoms. The summed E-state index contributed by atoms with van der Waals surface area (Å²) in [6, 6.07) is 4.96. The van der Waals surface area contributed by atoms with E-state index in [0.717, 1.165) is 6.42 Å². The molecule has 1 aromatic carbocycles. The number of hydrogen-bond donors (Lipinski definition) is 2. The third-order valence-electron chi connectivity index (χ3n) is 2.79. The number of benzene rings is 1. The van der Waals surface area contributed by atoms with Gasteiger partial charge < -0.3 is 15.8 Å². The number of methoxy groups -OCH3 is 1. The second-order valence-electron chi connectivity index (χ2n) is 4.24. The number of carbonyl (C=O) groups is 1. The molecule has 0 spiro atoms. The number of nitrogens with one attached hydrogen (secondary N) is 1. The highest BCUT2D eigenvalue weighted by atomic mass is 16.5. The fraction of sp³-hybridized carbons (Fsp3) is 0.308. The van der Waals surface area contributed by atoms with E-state index in [0.29, 0.717) is 30.1 Å². The standard InChI is InChI=1S/C13H17N5O2/c1-20-12-9-10(14)3-4-11(12)13(19)15-5-2-7-18-8-6-16-17-18/h3-4,6,8-9H,2,5,7,14H2,1H3,(H,15,19). The Morgan fingerprint density at radius 3 is 3.05 bits per heavy atom. The summed E-state index contributed by atoms with van der Waals surface area (Å²) >= 11 is 0. The highest BCUT2D eigenvalue weighted by Crippen LogP contribution is 2.21. The Balaban J connectivity index is 1.85. The topological polar surface area (TPSA) is 95.1 Å². The monoisotopic (exact) mass is 275 g/mol. The van der Waals surface area contributed by atoms with E-state index in [4.69, 9.17) is 10.5 Å². The Morgan fingerprint density at radius 1 is 1.50 bits per heavy atom. The van der Waals surface area contributed by atoms with E-state index in [2.05, 4.69) is 15.6 Å². The van der Waals surface area contributed by atoms with Crippen molar-refractivity contribution in [2.75, 3.05) is 19.4 Å². The van der Waals surface area contributed by atoms with Crippen LogP contribution in [0.5, 0.6) is 5.75 Å². The molecule has 0 saturated carbocycles. The second-order valence-corrected chi connectivity index (χ2v) is 4.24. The van der Waals surface area contributed by atoms with Crippen LogP contribution in [0.1, 0.15) is 16.8 Å². The van der Waals surface area contributed by atoms with E-state index in [1.165, 1.54) is 7.11 Å². The van der Waals surface area contributed by atoms with E-state index in [1.807, 2.05) is 0 Å². The van der Waals surface area contributed by atoms with Crippen LogP contribution in [-0.2, 0) is 6.54 Å². The number of rotatable bonds is 6. The molecule has 3 N–H and O–H groups in total. The average Bonchev–Trinajstić information content (AvgIpc) is 2.96. The van der Waals surface area contributed by atoms with Crippen LogP contribution >= 0.6 is 0 Å². The molecule has 2 aromatic rings. The van der Waals surface area contributed by atoms with E-state index < -0.39 is 0 Å². The van der Waals surface area contributed by atoms with Gasteiger partial charge in [0, 0.05) is 31.0 Å². The maximum Gasteiger partial charge on any atom is 0.255 e. The molecule has 1 aromatic heterocycles. The first kappa shape index (κ1) is 13.9. The van der Waals surface area contributed by atoms with Crippen LogP contribution in [0, 0.1) is 0 Å². The smallest absolute Gasteiger partial charge is 0.255 e. The van der Waals surface area contributed by atoms with Crippen LogP contribution in [0.25, 0.3) is 0 Å². The molecule has 7 nitrogen and oxygen atoms in total. The summed E-state index contributed by atoms with van der Waals surface area (Å²) in [6.45, 7) is 1.26. The van der Waals surface area contributed by atoms with Gasteiger partial charge in [0.05, 0.1) is 18.9 Å². The predicted molar refractivity (Wildman–Crippen MR) is 74.4 cm³/mol. The molecule has 0 aliphatic heterocycles. The summed E-state index contributed by atoms with van der Waals surface area (Å²) in [5.41, 5.74) is 6.69. The second kappa shape index (κ2) is 6.55. The van der Waals surface area contributed by atoms with Gasteiger partial charge in [0.1, 0.15) is 5.75 Å². The van der Waals surface area contributed by atoms with E-state index in [9.17, 15) is 4.79 Å². The fourth-order valence-corrected chi connectivity index (χ4v) is 1.79. The SMILES string of the molecule is COc1cc(N)ccc1C(=O)NCCCn1ccnn1. The van der Waals surface area contributed by atoms with Crippen LogP contribution in [-0.4, -0.2) is 34.6 Å². The number of nitrogens with zero attached hydrogens (tertiary/aromatic N) is 3. The number of carbonyl (C=O) groups excluding carboxylic acids is 1. The number of amides is 1. The van der Waals surface area contributed by atoms with Crippen molar-refractivity contribution in [2.45, 2.75) is 13.0 Å². The van der Waals surface area contributed by atoms with Gasteiger partial charge in [0.2, 0.25) is 0 Å². The fourth-order valence-electron chi connectivity index (χ4n) is 1.79. The highest BCUT2D eigenvalue weighted by Gasteiger charge is 2.11. The molecule has 106 valence electrons. The summed E-state index contributed by atoms with van der Waals surface area (Å²) in [5, 5.41) is 10.4. The third kappa shape index (κ3) is 3.47. The van der Waals surface area contributed by atoms with Crippen molar-refractivity contribution >= 4 is 11.6 Å². The normalized spacial score (nSPS) is 10.2. The maximum atomic E-state index is 12.0. The first-order valence-corrected chi connectivity index (χ1v) is 6.26. The molecule has 0 fully saturated rings. The predicted octanol–water partition coefficient (Wildman–Crippen LogP) is 0.689. The van der Waals surface area contributed by atoms with Crippen molar-refractivity contribution in [3.63, 3.8) is 0 Å². The van der Waals surface area contributed by atoms with Gasteiger partial charge in [-0.3, -0.25) is 9.48 Å². The Kier molecular flexibility index (Phi) is 4.54. The first-order chi connectivity index (χ1) is 9.70. The molecule has 0 atom stereocenters. The van der Waals surface area contributed by atoms with Crippen molar-refractivity contribution < 1.29 is 9.53 Å². The Bertz CT molecular complexity index is 568. The molecular weight excluding hydrogens is 258 g/mol. The van der Waals surface area contributed by atoms with Gasteiger partial charge in [-0.1, -0.05) is 5.21 Å². The molecule has 0 aliphatic carbocycles. The van der Waals surface area contributed by atoms with Crippen molar-refractivity contribution in [3.8, 4) is 5.75 Å². The van der Waals surface area contributed by atoms with Gasteiger partial charge in [-0.25, -0.2) is 0 Å². The molecular formula is C13H17N5O2. The molecule has 0 radical (unpaired) electrons. The average molecular weight is 275 g/mol. The van der Waals surface area contributed by atoms with Gasteiger partial charge in [0.25, 0.3) is 5.91 Å². The minimum atomic E-state index is -0.180. The minimum absolute atomic E-state index is 0.180. The molecule has 0 aliphatic rings. The zero-order valence-electron chi connectivity index (χ0n) is 11.2. The van der Waals surface area contributed by atoms with E-state index >= 15 is 0 Å². The number of aryl methyl sites for hydroxylation is 1. The lowest BCUT2D eigenvalue weighted by atomic mass is 10.1. The molecule has 7 heteroatoms. The summed E-state index contributed by atoms with van der Waals surface area (Å²) in [6.07, 6.45) is 4.18. The summed E-state index contributed by atoms with van der Waals surface area (Å²) in [5.74, 6) is 0.291. The lowest BCUT2D eigenvalue weighted by Gasteiger charge is -2.10. The van der Waals surface area contributed by atoms with Gasteiger partial charge in [-0.05, 0) is 18.6 Å². The zero-order valence-corrected chi connectivity index (χ0v) is 11.2. The van der Waals surface area contributed by atoms with Crippen LogP contribution in [0.2, 0.25) is 0 Å². The van der Waals surface area contributed by atoms with Gasteiger partial charge >= 0.3 is 0 Å². The summed E-state index contributed by atoms with van der Waals surface area (Å²) in [7, 11) is 1.51. The molecule has 0 unspecified atom stereocenters. The number of hydrogen-bond acceptors (Lipinski definition) is 5. The van der Waals surface area contributed by atoms with Gasteiger partial charge in [-0.2, -0.15) is 0 Å². The summed E-state index contributed by atoms with van der Waals surface area (Å²) in [4.78, 5) is 12.0. The lowest BCUT2D eigenvalue weighted by Crippen LogP contribution is -2.25. The largest absolute Gasteiger partial charge is 0.496 e. The number of aromatic nitrogens is 3. The highest BCUT2D eigenvalue weighted by molar-refractivity contribution is 5.97. The van der Waals surface area contributed by atoms with Gasteiger partial charge in [0.15, 0.2) is 0 Å². The molecule has 1 heterocycles. The number of nitrogens with two attached hydrogens (primary N) is 1. The van der Waals surface area contributed by atoms with Crippen molar-refractivity contribution in [2.24, 2.45) is 0 Å². The van der Waals surface area contributed by atoms with Crippen molar-refractivity contribution in [3.05, 3.63) is 36.2 Å². The number of anilines is 1. The lowest BCUT2D eigenvalue weighted by molar-refractivity contribution is 0.0949. The zero-order chi connectivity index (χ0) is 14.4. The van der Waals surface area contributed by atoms with Gasteiger partial charge in [-0.15, -0.1) is 5.10 Å². The number of ether oxygens (including phenoxy) is 1. The third-order valence-corrected chi connectivity index (χ3v) is 2.79. The van der Waals surface area contributed by atoms with Crippen LogP contribution in [0.15, 0.2) is 30.6 Å². The Hall–Kier alpha value is -2.57. The van der Waals surface area contributed by atoms with Crippen LogP contribution < -0.4 is 15.8 Å². The minimum Gasteiger partial charge on any atom is -0.496 e. The van der Waals surface area contributed by atoms with Crippen molar-refractivity contribution in [1.29, 1.82) is 0 Å². The number of nitrogen functional groups attached to an aromatic ring is 1. The molecule has 0 saturated heterocycles.